The van der Waals surface area contributed by atoms with Crippen LogP contribution in [0.15, 0.2) is 30.9 Å². The highest BCUT2D eigenvalue weighted by atomic mass is 16.6. The molecule has 0 saturated heterocycles. The Morgan fingerprint density at radius 1 is 1.41 bits per heavy atom. The van der Waals surface area contributed by atoms with Crippen molar-refractivity contribution in [3.8, 4) is 11.5 Å². The van der Waals surface area contributed by atoms with E-state index in [2.05, 4.69) is 6.58 Å². The van der Waals surface area contributed by atoms with Crippen molar-refractivity contribution in [3.05, 3.63) is 36.4 Å². The first kappa shape index (κ1) is 11.7. The molecule has 4 heteroatoms. The minimum atomic E-state index is -0.546. The summed E-state index contributed by atoms with van der Waals surface area (Å²) in [5, 5.41) is 0. The van der Waals surface area contributed by atoms with Gasteiger partial charge in [0.2, 0.25) is 0 Å². The molecule has 0 saturated carbocycles. The summed E-state index contributed by atoms with van der Waals surface area (Å²) >= 11 is 0. The third-order valence-corrected chi connectivity index (χ3v) is 2.58. The number of rotatable bonds is 4. The Bertz CT molecular complexity index is 442. The number of hydrogen-bond donors (Lipinski definition) is 1. The van der Waals surface area contributed by atoms with Crippen LogP contribution in [0.4, 0.5) is 0 Å². The van der Waals surface area contributed by atoms with Crippen molar-refractivity contribution < 1.29 is 14.3 Å². The molecule has 1 heterocycles. The fourth-order valence-electron chi connectivity index (χ4n) is 1.70. The van der Waals surface area contributed by atoms with E-state index < -0.39 is 6.04 Å². The first-order valence-electron chi connectivity index (χ1n) is 5.52. The predicted octanol–water partition coefficient (Wildman–Crippen LogP) is 1.54. The summed E-state index contributed by atoms with van der Waals surface area (Å²) < 4.78 is 10.8. The summed E-state index contributed by atoms with van der Waals surface area (Å²) in [6.45, 7) is 4.61. The number of hydrogen-bond acceptors (Lipinski definition) is 4. The second-order valence-electron chi connectivity index (χ2n) is 3.85. The molecule has 0 fully saturated rings. The molecule has 0 radical (unpaired) electrons. The minimum absolute atomic E-state index is 0.109. The van der Waals surface area contributed by atoms with Gasteiger partial charge in [-0.15, -0.1) is 6.58 Å². The van der Waals surface area contributed by atoms with Gasteiger partial charge in [-0.1, -0.05) is 6.08 Å². The molecule has 90 valence electrons. The number of Topliss-reactive ketones (excluding diaryl/α,β-unsaturated/α-hetero) is 1. The van der Waals surface area contributed by atoms with Crippen LogP contribution < -0.4 is 15.2 Å². The van der Waals surface area contributed by atoms with E-state index in [-0.39, 0.29) is 5.78 Å². The zero-order valence-electron chi connectivity index (χ0n) is 9.52. The van der Waals surface area contributed by atoms with Crippen molar-refractivity contribution in [2.75, 3.05) is 13.2 Å². The average Bonchev–Trinajstić information content (AvgIpc) is 2.37. The molecular formula is C13H15NO3. The van der Waals surface area contributed by atoms with E-state index in [1.165, 1.54) is 0 Å². The van der Waals surface area contributed by atoms with Gasteiger partial charge in [-0.3, -0.25) is 4.79 Å². The summed E-state index contributed by atoms with van der Waals surface area (Å²) in [7, 11) is 0. The lowest BCUT2D eigenvalue weighted by atomic mass is 10.0. The van der Waals surface area contributed by atoms with Crippen LogP contribution in [-0.2, 0) is 0 Å². The van der Waals surface area contributed by atoms with Gasteiger partial charge in [0.25, 0.3) is 0 Å². The highest BCUT2D eigenvalue weighted by Crippen LogP contribution is 2.31. The number of nitrogens with two attached hydrogens (primary N) is 1. The molecule has 2 rings (SSSR count). The molecule has 1 atom stereocenters. The van der Waals surface area contributed by atoms with Crippen LogP contribution in [0.3, 0.4) is 0 Å². The van der Waals surface area contributed by atoms with E-state index in [0.717, 1.165) is 0 Å². The van der Waals surface area contributed by atoms with Gasteiger partial charge in [-0.25, -0.2) is 0 Å². The maximum Gasteiger partial charge on any atom is 0.179 e. The van der Waals surface area contributed by atoms with Crippen LogP contribution in [0.2, 0.25) is 0 Å². The highest BCUT2D eigenvalue weighted by Gasteiger charge is 2.18. The first-order valence-corrected chi connectivity index (χ1v) is 5.52. The molecule has 0 spiro atoms. The van der Waals surface area contributed by atoms with Crippen molar-refractivity contribution >= 4 is 5.78 Å². The Hall–Kier alpha value is -1.81. The van der Waals surface area contributed by atoms with E-state index >= 15 is 0 Å². The van der Waals surface area contributed by atoms with Crippen LogP contribution >= 0.6 is 0 Å². The Labute approximate surface area is 100 Å². The molecule has 1 aliphatic rings. The van der Waals surface area contributed by atoms with Gasteiger partial charge in [0, 0.05) is 5.56 Å². The van der Waals surface area contributed by atoms with Crippen LogP contribution in [0, 0.1) is 0 Å². The highest BCUT2D eigenvalue weighted by molar-refractivity contribution is 6.00. The zero-order chi connectivity index (χ0) is 12.3. The van der Waals surface area contributed by atoms with Gasteiger partial charge < -0.3 is 15.2 Å². The van der Waals surface area contributed by atoms with E-state index in [0.29, 0.717) is 36.7 Å². The summed E-state index contributed by atoms with van der Waals surface area (Å²) in [6.07, 6.45) is 2.11. The summed E-state index contributed by atoms with van der Waals surface area (Å²) in [5.41, 5.74) is 6.29. The predicted molar refractivity (Wildman–Crippen MR) is 64.6 cm³/mol. The fourth-order valence-corrected chi connectivity index (χ4v) is 1.70. The van der Waals surface area contributed by atoms with E-state index in [1.54, 1.807) is 24.3 Å². The van der Waals surface area contributed by atoms with Crippen LogP contribution in [-0.4, -0.2) is 25.0 Å². The molecule has 1 unspecified atom stereocenters. The Morgan fingerprint density at radius 2 is 2.12 bits per heavy atom. The van der Waals surface area contributed by atoms with Gasteiger partial charge in [-0.05, 0) is 24.6 Å². The topological polar surface area (TPSA) is 61.6 Å². The van der Waals surface area contributed by atoms with Gasteiger partial charge in [0.1, 0.15) is 13.2 Å². The smallest absolute Gasteiger partial charge is 0.179 e. The maximum absolute atomic E-state index is 12.0. The van der Waals surface area contributed by atoms with Crippen molar-refractivity contribution in [2.24, 2.45) is 5.73 Å². The molecule has 1 aromatic rings. The second-order valence-corrected chi connectivity index (χ2v) is 3.85. The SMILES string of the molecule is C=CCC(N)C(=O)c1ccc2c(c1)OCCO2. The van der Waals surface area contributed by atoms with Gasteiger partial charge >= 0.3 is 0 Å². The lowest BCUT2D eigenvalue weighted by Gasteiger charge is -2.19. The van der Waals surface area contributed by atoms with Crippen molar-refractivity contribution in [1.29, 1.82) is 0 Å². The molecule has 0 amide bonds. The largest absolute Gasteiger partial charge is 0.486 e. The number of fused-ring (bicyclic) bond motifs is 1. The number of ketones is 1. The lowest BCUT2D eigenvalue weighted by Crippen LogP contribution is -2.30. The van der Waals surface area contributed by atoms with Crippen molar-refractivity contribution in [3.63, 3.8) is 0 Å². The third-order valence-electron chi connectivity index (χ3n) is 2.58. The number of carbonyl (C=O) groups excluding carboxylic acids is 1. The molecule has 0 bridgehead atoms. The second kappa shape index (κ2) is 5.01. The molecule has 1 aliphatic heterocycles. The molecule has 17 heavy (non-hydrogen) atoms. The molecular weight excluding hydrogens is 218 g/mol. The molecule has 2 N–H and O–H groups in total. The fraction of sp³-hybridized carbons (Fsp3) is 0.308. The van der Waals surface area contributed by atoms with Crippen LogP contribution in [0.5, 0.6) is 11.5 Å². The Balaban J connectivity index is 2.21. The third kappa shape index (κ3) is 2.47. The van der Waals surface area contributed by atoms with E-state index in [9.17, 15) is 4.79 Å². The quantitative estimate of drug-likeness (QED) is 0.633. The number of ether oxygens (including phenoxy) is 2. The monoisotopic (exact) mass is 233 g/mol. The average molecular weight is 233 g/mol. The van der Waals surface area contributed by atoms with Crippen LogP contribution in [0.25, 0.3) is 0 Å². The zero-order valence-corrected chi connectivity index (χ0v) is 9.52. The summed E-state index contributed by atoms with van der Waals surface area (Å²) in [4.78, 5) is 12.0. The molecule has 0 aromatic heterocycles. The van der Waals surface area contributed by atoms with Crippen molar-refractivity contribution in [1.82, 2.24) is 0 Å². The number of carbonyl (C=O) groups is 1. The van der Waals surface area contributed by atoms with E-state index in [1.807, 2.05) is 0 Å². The van der Waals surface area contributed by atoms with Gasteiger partial charge in [0.15, 0.2) is 17.3 Å². The van der Waals surface area contributed by atoms with Crippen molar-refractivity contribution in [2.45, 2.75) is 12.5 Å². The summed E-state index contributed by atoms with van der Waals surface area (Å²) in [6, 6.07) is 4.58. The Kier molecular flexibility index (Phi) is 3.44. The first-order chi connectivity index (χ1) is 8.22. The van der Waals surface area contributed by atoms with E-state index in [4.69, 9.17) is 15.2 Å². The van der Waals surface area contributed by atoms with Gasteiger partial charge in [-0.2, -0.15) is 0 Å². The summed E-state index contributed by atoms with van der Waals surface area (Å²) in [5.74, 6) is 1.17. The minimum Gasteiger partial charge on any atom is -0.486 e. The number of benzene rings is 1. The standard InChI is InChI=1S/C13H15NO3/c1-2-3-10(14)13(15)9-4-5-11-12(8-9)17-7-6-16-11/h2,4-5,8,10H,1,3,6-7,14H2. The molecule has 4 nitrogen and oxygen atoms in total. The Morgan fingerprint density at radius 3 is 2.82 bits per heavy atom. The molecule has 1 aromatic carbocycles. The lowest BCUT2D eigenvalue weighted by molar-refractivity contribution is 0.0961. The normalized spacial score (nSPS) is 15.1. The maximum atomic E-state index is 12.0. The van der Waals surface area contributed by atoms with Crippen LogP contribution in [0.1, 0.15) is 16.8 Å². The molecule has 0 aliphatic carbocycles. The van der Waals surface area contributed by atoms with Gasteiger partial charge in [0.05, 0.1) is 6.04 Å².